The van der Waals surface area contributed by atoms with Crippen molar-refractivity contribution in [2.75, 3.05) is 11.9 Å². The number of nitrogens with one attached hydrogen (secondary N) is 1. The van der Waals surface area contributed by atoms with Gasteiger partial charge in [-0.3, -0.25) is 9.59 Å². The van der Waals surface area contributed by atoms with Crippen LogP contribution in [0.2, 0.25) is 0 Å². The second-order valence-electron chi connectivity index (χ2n) is 8.78. The van der Waals surface area contributed by atoms with E-state index in [4.69, 9.17) is 4.42 Å². The molecule has 0 bridgehead atoms. The first kappa shape index (κ1) is 20.6. The molecule has 1 aliphatic heterocycles. The van der Waals surface area contributed by atoms with Crippen molar-refractivity contribution in [3.05, 3.63) is 78.1 Å². The van der Waals surface area contributed by atoms with Crippen LogP contribution < -0.4 is 5.32 Å². The number of fused-ring (bicyclic) bond motifs is 1. The van der Waals surface area contributed by atoms with Gasteiger partial charge in [0.25, 0.3) is 11.8 Å². The van der Waals surface area contributed by atoms with Gasteiger partial charge >= 0.3 is 0 Å². The first-order valence-corrected chi connectivity index (χ1v) is 11.6. The molecule has 1 N–H and O–H groups in total. The molecule has 2 atom stereocenters. The normalized spacial score (nSPS) is 20.4. The van der Waals surface area contributed by atoms with Crippen molar-refractivity contribution in [1.82, 2.24) is 4.90 Å². The standard InChI is InChI=1S/C27H28N2O3/c30-26(20-10-2-1-3-11-20)28-22-14-6-5-13-21(22)24-16-17-25(32-24)27(31)29-18-8-12-19-9-4-7-15-23(19)29/h1-3,5-6,10-11,13-14,16-17,19,23H,4,7-9,12,15,18H2,(H,28,30)/t19-,23-/m0/s1. The number of amides is 2. The molecule has 2 amide bonds. The van der Waals surface area contributed by atoms with Crippen LogP contribution in [0.15, 0.2) is 71.1 Å². The van der Waals surface area contributed by atoms with Crippen LogP contribution in [0.1, 0.15) is 59.4 Å². The fourth-order valence-electron chi connectivity index (χ4n) is 5.21. The largest absolute Gasteiger partial charge is 0.451 e. The van der Waals surface area contributed by atoms with Crippen molar-refractivity contribution >= 4 is 17.5 Å². The Labute approximate surface area is 188 Å². The molecule has 164 valence electrons. The zero-order valence-corrected chi connectivity index (χ0v) is 18.1. The zero-order valence-electron chi connectivity index (χ0n) is 18.1. The van der Waals surface area contributed by atoms with Crippen molar-refractivity contribution in [1.29, 1.82) is 0 Å². The third-order valence-corrected chi connectivity index (χ3v) is 6.80. The van der Waals surface area contributed by atoms with Crippen LogP contribution in [-0.4, -0.2) is 29.3 Å². The lowest BCUT2D eigenvalue weighted by molar-refractivity contribution is 0.0363. The summed E-state index contributed by atoms with van der Waals surface area (Å²) in [4.78, 5) is 28.0. The molecule has 1 aromatic heterocycles. The van der Waals surface area contributed by atoms with E-state index >= 15 is 0 Å². The van der Waals surface area contributed by atoms with Gasteiger partial charge in [-0.1, -0.05) is 43.2 Å². The molecule has 32 heavy (non-hydrogen) atoms. The topological polar surface area (TPSA) is 62.6 Å². The molecular weight excluding hydrogens is 400 g/mol. The maximum atomic E-state index is 13.3. The van der Waals surface area contributed by atoms with Crippen molar-refractivity contribution in [3.63, 3.8) is 0 Å². The van der Waals surface area contributed by atoms with E-state index in [0.29, 0.717) is 34.7 Å². The average Bonchev–Trinajstić information content (AvgIpc) is 3.34. The third kappa shape index (κ3) is 4.07. The number of piperidine rings is 1. The Kier molecular flexibility index (Phi) is 5.80. The molecule has 0 spiro atoms. The van der Waals surface area contributed by atoms with Gasteiger partial charge in [-0.2, -0.15) is 0 Å². The Morgan fingerprint density at radius 1 is 0.844 bits per heavy atom. The van der Waals surface area contributed by atoms with Crippen LogP contribution in [0.5, 0.6) is 0 Å². The van der Waals surface area contributed by atoms with Crippen LogP contribution >= 0.6 is 0 Å². The fourth-order valence-corrected chi connectivity index (χ4v) is 5.21. The molecule has 1 saturated heterocycles. The number of likely N-dealkylation sites (tertiary alicyclic amines) is 1. The summed E-state index contributed by atoms with van der Waals surface area (Å²) in [7, 11) is 0. The van der Waals surface area contributed by atoms with Gasteiger partial charge in [0.1, 0.15) is 5.76 Å². The molecule has 5 rings (SSSR count). The molecule has 5 heteroatoms. The third-order valence-electron chi connectivity index (χ3n) is 6.80. The average molecular weight is 429 g/mol. The Morgan fingerprint density at radius 3 is 2.47 bits per heavy atom. The molecule has 2 heterocycles. The maximum absolute atomic E-state index is 13.3. The first-order chi connectivity index (χ1) is 15.7. The summed E-state index contributed by atoms with van der Waals surface area (Å²) < 4.78 is 6.05. The van der Waals surface area contributed by atoms with Crippen LogP contribution in [0.25, 0.3) is 11.3 Å². The first-order valence-electron chi connectivity index (χ1n) is 11.6. The predicted molar refractivity (Wildman–Crippen MR) is 125 cm³/mol. The van der Waals surface area contributed by atoms with Gasteiger partial charge in [-0.05, 0) is 68.0 Å². The van der Waals surface area contributed by atoms with Gasteiger partial charge in [0, 0.05) is 23.7 Å². The second-order valence-corrected chi connectivity index (χ2v) is 8.78. The van der Waals surface area contributed by atoms with Crippen molar-refractivity contribution in [2.45, 2.75) is 44.6 Å². The minimum absolute atomic E-state index is 0.0151. The monoisotopic (exact) mass is 428 g/mol. The zero-order chi connectivity index (χ0) is 21.9. The minimum Gasteiger partial charge on any atom is -0.451 e. The summed E-state index contributed by atoms with van der Waals surface area (Å²) in [5, 5.41) is 2.97. The Balaban J connectivity index is 1.37. The van der Waals surface area contributed by atoms with E-state index in [1.165, 1.54) is 25.7 Å². The lowest BCUT2D eigenvalue weighted by atomic mass is 9.78. The predicted octanol–water partition coefficient (Wildman–Crippen LogP) is 5.99. The number of anilines is 1. The quantitative estimate of drug-likeness (QED) is 0.555. The smallest absolute Gasteiger partial charge is 0.289 e. The molecule has 2 aliphatic rings. The number of hydrogen-bond acceptors (Lipinski definition) is 3. The van der Waals surface area contributed by atoms with Crippen LogP contribution in [0.3, 0.4) is 0 Å². The lowest BCUT2D eigenvalue weighted by Crippen LogP contribution is -2.49. The highest BCUT2D eigenvalue weighted by atomic mass is 16.4. The molecule has 0 unspecified atom stereocenters. The summed E-state index contributed by atoms with van der Waals surface area (Å²) in [6, 6.07) is 20.5. The molecule has 1 saturated carbocycles. The number of carbonyl (C=O) groups is 2. The van der Waals surface area contributed by atoms with Gasteiger partial charge in [-0.15, -0.1) is 0 Å². The minimum atomic E-state index is -0.183. The second kappa shape index (κ2) is 9.03. The van der Waals surface area contributed by atoms with Gasteiger partial charge < -0.3 is 14.6 Å². The van der Waals surface area contributed by atoms with Crippen LogP contribution in [0, 0.1) is 5.92 Å². The number of furan rings is 1. The summed E-state index contributed by atoms with van der Waals surface area (Å²) in [6.45, 7) is 0.805. The van der Waals surface area contributed by atoms with Crippen molar-refractivity contribution < 1.29 is 14.0 Å². The molecule has 0 radical (unpaired) electrons. The lowest BCUT2D eigenvalue weighted by Gasteiger charge is -2.43. The Morgan fingerprint density at radius 2 is 1.59 bits per heavy atom. The number of hydrogen-bond donors (Lipinski definition) is 1. The summed E-state index contributed by atoms with van der Waals surface area (Å²) in [5.74, 6) is 1.38. The summed E-state index contributed by atoms with van der Waals surface area (Å²) in [5.41, 5.74) is 2.00. The highest BCUT2D eigenvalue weighted by Crippen LogP contribution is 2.37. The van der Waals surface area contributed by atoms with Gasteiger partial charge in [0.15, 0.2) is 5.76 Å². The molecule has 5 nitrogen and oxygen atoms in total. The number of nitrogens with zero attached hydrogens (tertiary/aromatic N) is 1. The van der Waals surface area contributed by atoms with E-state index in [9.17, 15) is 9.59 Å². The van der Waals surface area contributed by atoms with Crippen molar-refractivity contribution in [2.24, 2.45) is 5.92 Å². The highest BCUT2D eigenvalue weighted by molar-refractivity contribution is 6.06. The van der Waals surface area contributed by atoms with E-state index < -0.39 is 0 Å². The number of rotatable bonds is 4. The highest BCUT2D eigenvalue weighted by Gasteiger charge is 2.36. The number of benzene rings is 2. The van der Waals surface area contributed by atoms with Gasteiger partial charge in [0.05, 0.1) is 5.69 Å². The SMILES string of the molecule is O=C(Nc1ccccc1-c1ccc(C(=O)N2CCC[C@@H]3CCCC[C@@H]32)o1)c1ccccc1. The van der Waals surface area contributed by atoms with Gasteiger partial charge in [0.2, 0.25) is 0 Å². The fraction of sp³-hybridized carbons (Fsp3) is 0.333. The van der Waals surface area contributed by atoms with E-state index in [0.717, 1.165) is 24.9 Å². The van der Waals surface area contributed by atoms with E-state index in [1.54, 1.807) is 18.2 Å². The molecule has 2 aromatic carbocycles. The van der Waals surface area contributed by atoms with Crippen LogP contribution in [-0.2, 0) is 0 Å². The number of carbonyl (C=O) groups excluding carboxylic acids is 2. The molecular formula is C27H28N2O3. The maximum Gasteiger partial charge on any atom is 0.289 e. The molecule has 3 aromatic rings. The number of para-hydroxylation sites is 1. The summed E-state index contributed by atoms with van der Waals surface area (Å²) in [6.07, 6.45) is 7.09. The van der Waals surface area contributed by atoms with Crippen LogP contribution in [0.4, 0.5) is 5.69 Å². The van der Waals surface area contributed by atoms with E-state index in [-0.39, 0.29) is 11.8 Å². The van der Waals surface area contributed by atoms with Gasteiger partial charge in [-0.25, -0.2) is 0 Å². The van der Waals surface area contributed by atoms with Crippen molar-refractivity contribution in [3.8, 4) is 11.3 Å². The Hall–Kier alpha value is -3.34. The van der Waals surface area contributed by atoms with E-state index in [1.807, 2.05) is 53.4 Å². The van der Waals surface area contributed by atoms with E-state index in [2.05, 4.69) is 5.32 Å². The molecule has 1 aliphatic carbocycles. The Bertz CT molecular complexity index is 1100. The summed E-state index contributed by atoms with van der Waals surface area (Å²) >= 11 is 0. The molecule has 2 fully saturated rings.